The Morgan fingerprint density at radius 1 is 1.00 bits per heavy atom. The smallest absolute Gasteiger partial charge is 0.278 e. The van der Waals surface area contributed by atoms with Crippen molar-refractivity contribution < 1.29 is 9.59 Å². The number of carbonyl (C=O) groups is 2. The van der Waals surface area contributed by atoms with Crippen LogP contribution in [0.25, 0.3) is 5.57 Å². The molecule has 0 atom stereocenters. The number of carbonyl (C=O) groups excluding carboxylic acids is 2. The lowest BCUT2D eigenvalue weighted by Gasteiger charge is -2.15. The van der Waals surface area contributed by atoms with Crippen LogP contribution in [0.5, 0.6) is 0 Å². The van der Waals surface area contributed by atoms with Crippen LogP contribution in [-0.4, -0.2) is 21.7 Å². The fourth-order valence-electron chi connectivity index (χ4n) is 3.16. The van der Waals surface area contributed by atoms with Gasteiger partial charge in [0.05, 0.1) is 17.8 Å². The van der Waals surface area contributed by atoms with Crippen LogP contribution < -0.4 is 5.32 Å². The summed E-state index contributed by atoms with van der Waals surface area (Å²) in [6, 6.07) is 15.1. The quantitative estimate of drug-likeness (QED) is 0.666. The molecule has 4 rings (SSSR count). The molecule has 1 aliphatic rings. The van der Waals surface area contributed by atoms with Crippen LogP contribution in [0.15, 0.2) is 65.8 Å². The minimum atomic E-state index is -0.333. The summed E-state index contributed by atoms with van der Waals surface area (Å²) in [7, 11) is 0. The van der Waals surface area contributed by atoms with E-state index in [-0.39, 0.29) is 18.4 Å². The van der Waals surface area contributed by atoms with Crippen molar-refractivity contribution in [2.45, 2.75) is 20.4 Å². The highest BCUT2D eigenvalue weighted by atomic mass is 32.1. The standard InChI is InChI=1S/C22H19N3O2S/c1-14-7-5-9-17(15(14)2)24-20-19(18-10-6-12-28-18)21(26)25(22(20)27)13-16-8-3-4-11-23-16/h3-12,24H,13H2,1-2H3. The zero-order chi connectivity index (χ0) is 19.7. The molecule has 0 spiro atoms. The van der Waals surface area contributed by atoms with Crippen LogP contribution in [0.2, 0.25) is 0 Å². The van der Waals surface area contributed by atoms with Crippen LogP contribution in [0.4, 0.5) is 5.69 Å². The van der Waals surface area contributed by atoms with E-state index in [0.717, 1.165) is 21.7 Å². The normalized spacial score (nSPS) is 14.1. The second-order valence-electron chi connectivity index (χ2n) is 6.62. The molecular weight excluding hydrogens is 370 g/mol. The lowest BCUT2D eigenvalue weighted by atomic mass is 10.1. The first kappa shape index (κ1) is 18.1. The average molecular weight is 389 g/mol. The number of hydrogen-bond donors (Lipinski definition) is 1. The number of thiophene rings is 1. The van der Waals surface area contributed by atoms with E-state index in [1.54, 1.807) is 12.3 Å². The first-order valence-corrected chi connectivity index (χ1v) is 9.81. The van der Waals surface area contributed by atoms with Gasteiger partial charge in [0.1, 0.15) is 5.70 Å². The predicted molar refractivity (Wildman–Crippen MR) is 111 cm³/mol. The summed E-state index contributed by atoms with van der Waals surface area (Å²) in [6.45, 7) is 4.16. The maximum absolute atomic E-state index is 13.2. The summed E-state index contributed by atoms with van der Waals surface area (Å²) in [5, 5.41) is 5.14. The van der Waals surface area contributed by atoms with Gasteiger partial charge in [0.2, 0.25) is 0 Å². The maximum Gasteiger partial charge on any atom is 0.278 e. The van der Waals surface area contributed by atoms with Gasteiger partial charge in [-0.1, -0.05) is 24.3 Å². The molecule has 2 amide bonds. The summed E-state index contributed by atoms with van der Waals surface area (Å²) >= 11 is 1.44. The number of amides is 2. The van der Waals surface area contributed by atoms with Crippen molar-refractivity contribution in [2.24, 2.45) is 0 Å². The van der Waals surface area contributed by atoms with Gasteiger partial charge in [0, 0.05) is 16.8 Å². The molecule has 1 N–H and O–H groups in total. The molecular formula is C22H19N3O2S. The average Bonchev–Trinajstić information content (AvgIpc) is 3.29. The number of aromatic nitrogens is 1. The molecule has 6 heteroatoms. The van der Waals surface area contributed by atoms with E-state index < -0.39 is 0 Å². The molecule has 0 radical (unpaired) electrons. The monoisotopic (exact) mass is 389 g/mol. The molecule has 0 bridgehead atoms. The molecule has 1 aromatic carbocycles. The molecule has 1 aliphatic heterocycles. The third-order valence-corrected chi connectivity index (χ3v) is 5.73. The van der Waals surface area contributed by atoms with Crippen molar-refractivity contribution in [3.63, 3.8) is 0 Å². The van der Waals surface area contributed by atoms with E-state index >= 15 is 0 Å². The van der Waals surface area contributed by atoms with Gasteiger partial charge in [-0.05, 0) is 54.6 Å². The predicted octanol–water partition coefficient (Wildman–Crippen LogP) is 4.15. The van der Waals surface area contributed by atoms with Gasteiger partial charge in [-0.25, -0.2) is 0 Å². The SMILES string of the molecule is Cc1cccc(NC2=C(c3cccs3)C(=O)N(Cc3ccccn3)C2=O)c1C. The number of rotatable bonds is 5. The highest BCUT2D eigenvalue weighted by Gasteiger charge is 2.40. The van der Waals surface area contributed by atoms with Gasteiger partial charge >= 0.3 is 0 Å². The molecule has 3 aromatic rings. The minimum Gasteiger partial charge on any atom is -0.350 e. The van der Waals surface area contributed by atoms with E-state index in [1.807, 2.05) is 61.7 Å². The summed E-state index contributed by atoms with van der Waals surface area (Å²) < 4.78 is 0. The second kappa shape index (κ2) is 7.40. The summed E-state index contributed by atoms with van der Waals surface area (Å²) in [6.07, 6.45) is 1.66. The first-order valence-electron chi connectivity index (χ1n) is 8.93. The van der Waals surface area contributed by atoms with Crippen molar-refractivity contribution in [3.8, 4) is 0 Å². The number of benzene rings is 1. The summed E-state index contributed by atoms with van der Waals surface area (Å²) in [4.78, 5) is 32.6. The van der Waals surface area contributed by atoms with Gasteiger partial charge in [-0.3, -0.25) is 19.5 Å². The molecule has 0 unspecified atom stereocenters. The van der Waals surface area contributed by atoms with Crippen molar-refractivity contribution in [1.29, 1.82) is 0 Å². The van der Waals surface area contributed by atoms with Crippen LogP contribution in [0.3, 0.4) is 0 Å². The Kier molecular flexibility index (Phi) is 4.79. The van der Waals surface area contributed by atoms with Crippen LogP contribution >= 0.6 is 11.3 Å². The Morgan fingerprint density at radius 2 is 1.86 bits per heavy atom. The number of imide groups is 1. The highest BCUT2D eigenvalue weighted by molar-refractivity contribution is 7.11. The van der Waals surface area contributed by atoms with Gasteiger partial charge in [-0.2, -0.15) is 0 Å². The molecule has 3 heterocycles. The van der Waals surface area contributed by atoms with E-state index in [1.165, 1.54) is 16.2 Å². The van der Waals surface area contributed by atoms with Gasteiger partial charge in [0.15, 0.2) is 0 Å². The molecule has 28 heavy (non-hydrogen) atoms. The summed E-state index contributed by atoms with van der Waals surface area (Å²) in [5.41, 5.74) is 4.39. The van der Waals surface area contributed by atoms with Gasteiger partial charge < -0.3 is 5.32 Å². The highest BCUT2D eigenvalue weighted by Crippen LogP contribution is 2.34. The lowest BCUT2D eigenvalue weighted by molar-refractivity contribution is -0.137. The fourth-order valence-corrected chi connectivity index (χ4v) is 3.93. The lowest BCUT2D eigenvalue weighted by Crippen LogP contribution is -2.32. The Hall–Kier alpha value is -3.25. The van der Waals surface area contributed by atoms with Gasteiger partial charge in [0.25, 0.3) is 11.8 Å². The minimum absolute atomic E-state index is 0.144. The number of nitrogens with one attached hydrogen (secondary N) is 1. The molecule has 2 aromatic heterocycles. The van der Waals surface area contributed by atoms with Crippen LogP contribution in [-0.2, 0) is 16.1 Å². The molecule has 5 nitrogen and oxygen atoms in total. The first-order chi connectivity index (χ1) is 13.6. The Balaban J connectivity index is 1.74. The number of nitrogens with zero attached hydrogens (tertiary/aromatic N) is 2. The van der Waals surface area contributed by atoms with Crippen molar-refractivity contribution >= 4 is 34.4 Å². The van der Waals surface area contributed by atoms with Gasteiger partial charge in [-0.15, -0.1) is 11.3 Å². The van der Waals surface area contributed by atoms with Crippen molar-refractivity contribution in [3.05, 3.63) is 87.5 Å². The van der Waals surface area contributed by atoms with E-state index in [9.17, 15) is 9.59 Å². The van der Waals surface area contributed by atoms with E-state index in [4.69, 9.17) is 0 Å². The van der Waals surface area contributed by atoms with Crippen molar-refractivity contribution in [1.82, 2.24) is 9.88 Å². The Morgan fingerprint density at radius 3 is 2.57 bits per heavy atom. The topological polar surface area (TPSA) is 62.3 Å². The molecule has 0 fully saturated rings. The van der Waals surface area contributed by atoms with Crippen molar-refractivity contribution in [2.75, 3.05) is 5.32 Å². The second-order valence-corrected chi connectivity index (χ2v) is 7.56. The number of pyridine rings is 1. The fraction of sp³-hybridized carbons (Fsp3) is 0.136. The molecule has 0 saturated carbocycles. The Labute approximate surface area is 167 Å². The third kappa shape index (κ3) is 3.23. The molecule has 0 aliphatic carbocycles. The molecule has 0 saturated heterocycles. The largest absolute Gasteiger partial charge is 0.350 e. The van der Waals surface area contributed by atoms with E-state index in [0.29, 0.717) is 17.0 Å². The summed E-state index contributed by atoms with van der Waals surface area (Å²) in [5.74, 6) is -0.633. The molecule has 140 valence electrons. The zero-order valence-electron chi connectivity index (χ0n) is 15.6. The number of anilines is 1. The number of hydrogen-bond acceptors (Lipinski definition) is 5. The zero-order valence-corrected chi connectivity index (χ0v) is 16.4. The number of aryl methyl sites for hydroxylation is 1. The third-order valence-electron chi connectivity index (χ3n) is 4.85. The van der Waals surface area contributed by atoms with E-state index in [2.05, 4.69) is 10.3 Å². The van der Waals surface area contributed by atoms with Crippen LogP contribution in [0, 0.1) is 13.8 Å². The maximum atomic E-state index is 13.2. The Bertz CT molecular complexity index is 1070. The van der Waals surface area contributed by atoms with Crippen LogP contribution in [0.1, 0.15) is 21.7 Å².